The fourth-order valence-corrected chi connectivity index (χ4v) is 18.4. The first-order valence-electron chi connectivity index (χ1n) is 27.9. The fourth-order valence-electron chi connectivity index (χ4n) is 13.3. The molecule has 384 valence electrons. The summed E-state index contributed by atoms with van der Waals surface area (Å²) >= 11 is 0. The van der Waals surface area contributed by atoms with Crippen LogP contribution < -0.4 is 30.5 Å². The molecular formula is C76H48N2O3Si. The average molecular weight is 1070 g/mol. The van der Waals surface area contributed by atoms with Crippen molar-refractivity contribution >= 4 is 140 Å². The number of rotatable bonds is 8. The van der Waals surface area contributed by atoms with Crippen molar-refractivity contribution in [1.82, 2.24) is 0 Å². The molecule has 0 spiro atoms. The molecule has 4 heterocycles. The molecule has 0 fully saturated rings. The van der Waals surface area contributed by atoms with Crippen molar-refractivity contribution < 1.29 is 13.3 Å². The molecule has 6 heteroatoms. The van der Waals surface area contributed by atoms with E-state index in [-0.39, 0.29) is 0 Å². The standard InChI is InChI=1S/C76H48N2O3Si/c1-3-15-49(16-4-1)51-29-33-56(34-30-51)77(57-35-31-52(32-36-57)54-28-27-50-17-7-8-18-53(50)43-54)58-37-40-65-66-47-68-76(48-74(66)81-71(65)44-58)82(59-38-41-63-61-21-9-12-24-69(61)79-72(63)45-59,60-39-42-64-62-22-10-13-25-70(62)80-73(64)46-60)75-26-14-11-23-67(75)78(68)55-19-5-2-6-20-55/h1-48H. The van der Waals surface area contributed by atoms with E-state index in [1.54, 1.807) is 0 Å². The van der Waals surface area contributed by atoms with Gasteiger partial charge in [-0.2, -0.15) is 0 Å². The van der Waals surface area contributed by atoms with E-state index in [4.69, 9.17) is 13.3 Å². The predicted molar refractivity (Wildman–Crippen MR) is 343 cm³/mol. The van der Waals surface area contributed by atoms with Gasteiger partial charge in [0.15, 0.2) is 8.07 Å². The molecule has 0 atom stereocenters. The Kier molecular flexibility index (Phi) is 10.3. The van der Waals surface area contributed by atoms with Crippen molar-refractivity contribution in [3.05, 3.63) is 291 Å². The van der Waals surface area contributed by atoms with Crippen molar-refractivity contribution in [1.29, 1.82) is 0 Å². The molecule has 1 aliphatic heterocycles. The highest BCUT2D eigenvalue weighted by molar-refractivity contribution is 7.21. The Hall–Kier alpha value is -10.7. The van der Waals surface area contributed by atoms with E-state index < -0.39 is 8.07 Å². The van der Waals surface area contributed by atoms with Crippen LogP contribution in [-0.2, 0) is 0 Å². The van der Waals surface area contributed by atoms with E-state index in [2.05, 4.69) is 289 Å². The normalized spacial score (nSPS) is 13.0. The number of anilines is 6. The van der Waals surface area contributed by atoms with Gasteiger partial charge in [-0.25, -0.2) is 0 Å². The molecular weight excluding hydrogens is 1020 g/mol. The van der Waals surface area contributed by atoms with E-state index in [1.807, 2.05) is 12.1 Å². The van der Waals surface area contributed by atoms with E-state index in [0.29, 0.717) is 0 Å². The molecule has 82 heavy (non-hydrogen) atoms. The van der Waals surface area contributed by atoms with Crippen molar-refractivity contribution in [2.75, 3.05) is 9.80 Å². The lowest BCUT2D eigenvalue weighted by Gasteiger charge is -2.45. The zero-order valence-electron chi connectivity index (χ0n) is 44.3. The van der Waals surface area contributed by atoms with Gasteiger partial charge in [0.25, 0.3) is 0 Å². The highest BCUT2D eigenvalue weighted by atomic mass is 28.3. The van der Waals surface area contributed by atoms with E-state index in [0.717, 1.165) is 111 Å². The number of fused-ring (bicyclic) bond motifs is 12. The summed E-state index contributed by atoms with van der Waals surface area (Å²) in [5, 5.41) is 13.8. The van der Waals surface area contributed by atoms with Gasteiger partial charge in [-0.1, -0.05) is 188 Å². The molecule has 17 rings (SSSR count). The van der Waals surface area contributed by atoms with E-state index >= 15 is 0 Å². The second-order valence-corrected chi connectivity index (χ2v) is 25.3. The molecule has 13 aromatic carbocycles. The molecule has 5 nitrogen and oxygen atoms in total. The quantitative estimate of drug-likeness (QED) is 0.142. The summed E-state index contributed by atoms with van der Waals surface area (Å²) in [6, 6.07) is 106. The molecule has 1 aliphatic rings. The van der Waals surface area contributed by atoms with E-state index in [1.165, 1.54) is 42.6 Å². The number of nitrogens with zero attached hydrogens (tertiary/aromatic N) is 2. The SMILES string of the molecule is c1ccc(-c2ccc(N(c3ccc(-c4ccc5ccccc5c4)cc3)c3ccc4c(c3)oc3cc5c(cc34)N(c3ccccc3)c3ccccc3[Si]5(c3ccc4c(c3)oc3ccccc34)c3ccc4c(c3)oc3ccccc34)cc2)cc1. The zero-order valence-corrected chi connectivity index (χ0v) is 45.3. The zero-order chi connectivity index (χ0) is 53.9. The lowest BCUT2D eigenvalue weighted by Crippen LogP contribution is -2.77. The second kappa shape index (κ2) is 18.2. The Bertz CT molecular complexity index is 5060. The first-order valence-corrected chi connectivity index (χ1v) is 29.9. The molecule has 16 aromatic rings. The van der Waals surface area contributed by atoms with Gasteiger partial charge in [-0.05, 0) is 151 Å². The lowest BCUT2D eigenvalue weighted by atomic mass is 10.0. The Balaban J connectivity index is 0.891. The van der Waals surface area contributed by atoms with Gasteiger partial charge < -0.3 is 23.1 Å². The minimum Gasteiger partial charge on any atom is -0.456 e. The second-order valence-electron chi connectivity index (χ2n) is 21.6. The smallest absolute Gasteiger partial charge is 0.184 e. The van der Waals surface area contributed by atoms with Gasteiger partial charge in [-0.15, -0.1) is 0 Å². The number of para-hydroxylation sites is 4. The molecule has 0 saturated carbocycles. The summed E-state index contributed by atoms with van der Waals surface area (Å²) < 4.78 is 20.9. The molecule has 0 N–H and O–H groups in total. The molecule has 0 saturated heterocycles. The monoisotopic (exact) mass is 1060 g/mol. The van der Waals surface area contributed by atoms with Crippen LogP contribution in [0.5, 0.6) is 0 Å². The first-order chi connectivity index (χ1) is 40.6. The average Bonchev–Trinajstić information content (AvgIpc) is 1.31. The minimum atomic E-state index is -3.37. The molecule has 0 amide bonds. The summed E-state index contributed by atoms with van der Waals surface area (Å²) in [6.07, 6.45) is 0. The van der Waals surface area contributed by atoms with Gasteiger partial charge in [-0.3, -0.25) is 0 Å². The van der Waals surface area contributed by atoms with Crippen LogP contribution in [0.2, 0.25) is 0 Å². The van der Waals surface area contributed by atoms with Crippen LogP contribution in [-0.4, -0.2) is 8.07 Å². The Morgan fingerprint density at radius 2 is 0.744 bits per heavy atom. The summed E-state index contributed by atoms with van der Waals surface area (Å²) in [7, 11) is -3.37. The number of benzene rings is 13. The van der Waals surface area contributed by atoms with Crippen LogP contribution in [0.15, 0.2) is 304 Å². The third kappa shape index (κ3) is 7.11. The van der Waals surface area contributed by atoms with Gasteiger partial charge in [0.1, 0.15) is 33.5 Å². The van der Waals surface area contributed by atoms with Crippen LogP contribution in [0.3, 0.4) is 0 Å². The highest BCUT2D eigenvalue weighted by Crippen LogP contribution is 2.45. The first kappa shape index (κ1) is 46.3. The van der Waals surface area contributed by atoms with Crippen LogP contribution in [0.1, 0.15) is 0 Å². The highest BCUT2D eigenvalue weighted by Gasteiger charge is 2.50. The van der Waals surface area contributed by atoms with Crippen molar-refractivity contribution in [2.24, 2.45) is 0 Å². The van der Waals surface area contributed by atoms with E-state index in [9.17, 15) is 0 Å². The predicted octanol–water partition coefficient (Wildman–Crippen LogP) is 18.5. The van der Waals surface area contributed by atoms with Gasteiger partial charge in [0, 0.05) is 72.5 Å². The Morgan fingerprint density at radius 3 is 1.43 bits per heavy atom. The maximum Gasteiger partial charge on any atom is 0.184 e. The maximum absolute atomic E-state index is 7.32. The molecule has 0 bridgehead atoms. The van der Waals surface area contributed by atoms with Crippen molar-refractivity contribution in [2.45, 2.75) is 0 Å². The maximum atomic E-state index is 7.32. The van der Waals surface area contributed by atoms with Crippen LogP contribution in [0, 0.1) is 0 Å². The molecule has 0 aliphatic carbocycles. The van der Waals surface area contributed by atoms with Gasteiger partial charge >= 0.3 is 0 Å². The number of furan rings is 3. The topological polar surface area (TPSA) is 45.9 Å². The number of hydrogen-bond donors (Lipinski definition) is 0. The van der Waals surface area contributed by atoms with Crippen molar-refractivity contribution in [3.63, 3.8) is 0 Å². The van der Waals surface area contributed by atoms with Gasteiger partial charge in [0.05, 0.1) is 0 Å². The largest absolute Gasteiger partial charge is 0.456 e. The summed E-state index contributed by atoms with van der Waals surface area (Å²) in [5.74, 6) is 0. The third-order valence-corrected chi connectivity index (χ3v) is 21.9. The Labute approximate surface area is 473 Å². The van der Waals surface area contributed by atoms with Gasteiger partial charge in [0.2, 0.25) is 0 Å². The molecule has 0 radical (unpaired) electrons. The van der Waals surface area contributed by atoms with Crippen molar-refractivity contribution in [3.8, 4) is 22.3 Å². The fraction of sp³-hybridized carbons (Fsp3) is 0. The Morgan fingerprint density at radius 1 is 0.268 bits per heavy atom. The summed E-state index contributed by atoms with van der Waals surface area (Å²) in [5.41, 5.74) is 16.2. The summed E-state index contributed by atoms with van der Waals surface area (Å²) in [4.78, 5) is 4.80. The lowest BCUT2D eigenvalue weighted by molar-refractivity contribution is 0.669. The molecule has 0 unspecified atom stereocenters. The summed E-state index contributed by atoms with van der Waals surface area (Å²) in [6.45, 7) is 0. The minimum absolute atomic E-state index is 0.803. The van der Waals surface area contributed by atoms with Crippen LogP contribution >= 0.6 is 0 Å². The third-order valence-electron chi connectivity index (χ3n) is 17.1. The molecule has 3 aromatic heterocycles. The number of hydrogen-bond acceptors (Lipinski definition) is 5. The van der Waals surface area contributed by atoms with Crippen LogP contribution in [0.4, 0.5) is 34.1 Å². The van der Waals surface area contributed by atoms with Crippen LogP contribution in [0.25, 0.3) is 98.8 Å².